The third-order valence-electron chi connectivity index (χ3n) is 2.98. The standard InChI is InChI=1S/C13H18BrN5/c1-8(2)19-13(11(14)7-17-19)12(18-15)10-5-4-9(3)16-6-10/h4-8,12,18H,15H2,1-3H3. The van der Waals surface area contributed by atoms with Gasteiger partial charge in [-0.1, -0.05) is 6.07 Å². The maximum atomic E-state index is 5.73. The van der Waals surface area contributed by atoms with Crippen LogP contribution in [-0.4, -0.2) is 14.8 Å². The number of aromatic nitrogens is 3. The summed E-state index contributed by atoms with van der Waals surface area (Å²) in [6.45, 7) is 6.14. The fourth-order valence-corrected chi connectivity index (χ4v) is 2.52. The minimum absolute atomic E-state index is 0.146. The zero-order valence-corrected chi connectivity index (χ0v) is 12.8. The Morgan fingerprint density at radius 1 is 1.32 bits per heavy atom. The third-order valence-corrected chi connectivity index (χ3v) is 3.59. The van der Waals surface area contributed by atoms with Crippen molar-refractivity contribution in [1.29, 1.82) is 0 Å². The summed E-state index contributed by atoms with van der Waals surface area (Å²) in [7, 11) is 0. The minimum Gasteiger partial charge on any atom is -0.271 e. The number of nitrogens with two attached hydrogens (primary N) is 1. The van der Waals surface area contributed by atoms with Gasteiger partial charge >= 0.3 is 0 Å². The van der Waals surface area contributed by atoms with Crippen LogP contribution >= 0.6 is 15.9 Å². The minimum atomic E-state index is -0.146. The average Bonchev–Trinajstić information content (AvgIpc) is 2.75. The summed E-state index contributed by atoms with van der Waals surface area (Å²) < 4.78 is 2.89. The van der Waals surface area contributed by atoms with E-state index in [0.29, 0.717) is 0 Å². The lowest BCUT2D eigenvalue weighted by atomic mass is 10.1. The van der Waals surface area contributed by atoms with Crippen LogP contribution in [0.25, 0.3) is 0 Å². The molecule has 0 bridgehead atoms. The SMILES string of the molecule is Cc1ccc(C(NN)c2c(Br)cnn2C(C)C)cn1. The first-order valence-electron chi connectivity index (χ1n) is 6.16. The van der Waals surface area contributed by atoms with E-state index in [9.17, 15) is 0 Å². The maximum absolute atomic E-state index is 5.73. The van der Waals surface area contributed by atoms with Crippen LogP contribution in [0, 0.1) is 6.92 Å². The largest absolute Gasteiger partial charge is 0.271 e. The van der Waals surface area contributed by atoms with Crippen molar-refractivity contribution in [3.63, 3.8) is 0 Å². The molecule has 0 aliphatic rings. The first-order valence-corrected chi connectivity index (χ1v) is 6.95. The number of nitrogens with zero attached hydrogens (tertiary/aromatic N) is 3. The van der Waals surface area contributed by atoms with Gasteiger partial charge in [0, 0.05) is 17.9 Å². The number of aryl methyl sites for hydroxylation is 1. The molecule has 0 fully saturated rings. The average molecular weight is 324 g/mol. The van der Waals surface area contributed by atoms with E-state index in [-0.39, 0.29) is 12.1 Å². The van der Waals surface area contributed by atoms with Gasteiger partial charge in [-0.15, -0.1) is 0 Å². The molecule has 2 heterocycles. The summed E-state index contributed by atoms with van der Waals surface area (Å²) >= 11 is 3.54. The second-order valence-corrected chi connectivity index (χ2v) is 5.60. The van der Waals surface area contributed by atoms with Crippen LogP contribution < -0.4 is 11.3 Å². The molecule has 0 amide bonds. The Labute approximate surface area is 121 Å². The highest BCUT2D eigenvalue weighted by Gasteiger charge is 2.22. The molecule has 3 N–H and O–H groups in total. The highest BCUT2D eigenvalue weighted by atomic mass is 79.9. The van der Waals surface area contributed by atoms with Gasteiger partial charge in [0.1, 0.15) is 0 Å². The Morgan fingerprint density at radius 3 is 2.58 bits per heavy atom. The molecule has 1 unspecified atom stereocenters. The molecule has 19 heavy (non-hydrogen) atoms. The monoisotopic (exact) mass is 323 g/mol. The lowest BCUT2D eigenvalue weighted by Gasteiger charge is -2.20. The quantitative estimate of drug-likeness (QED) is 0.670. The first kappa shape index (κ1) is 14.2. The Balaban J connectivity index is 2.47. The summed E-state index contributed by atoms with van der Waals surface area (Å²) in [6.07, 6.45) is 3.63. The number of nitrogens with one attached hydrogen (secondary N) is 1. The molecule has 2 aromatic rings. The number of hydrazine groups is 1. The summed E-state index contributed by atoms with van der Waals surface area (Å²) in [4.78, 5) is 4.32. The van der Waals surface area contributed by atoms with Crippen LogP contribution in [-0.2, 0) is 0 Å². The zero-order valence-electron chi connectivity index (χ0n) is 11.3. The Bertz CT molecular complexity index is 547. The number of hydrogen-bond acceptors (Lipinski definition) is 4. The van der Waals surface area contributed by atoms with E-state index in [4.69, 9.17) is 5.84 Å². The molecule has 0 spiro atoms. The number of halogens is 1. The molecule has 2 aromatic heterocycles. The zero-order chi connectivity index (χ0) is 14.0. The lowest BCUT2D eigenvalue weighted by molar-refractivity contribution is 0.475. The molecule has 0 radical (unpaired) electrons. The molecular formula is C13H18BrN5. The highest BCUT2D eigenvalue weighted by Crippen LogP contribution is 2.29. The van der Waals surface area contributed by atoms with E-state index in [0.717, 1.165) is 21.4 Å². The molecule has 0 aliphatic carbocycles. The maximum Gasteiger partial charge on any atom is 0.0904 e. The van der Waals surface area contributed by atoms with Crippen molar-refractivity contribution < 1.29 is 0 Å². The molecule has 0 aliphatic heterocycles. The van der Waals surface area contributed by atoms with E-state index < -0.39 is 0 Å². The van der Waals surface area contributed by atoms with E-state index >= 15 is 0 Å². The molecule has 102 valence electrons. The second kappa shape index (κ2) is 5.81. The predicted octanol–water partition coefficient (Wildman–Crippen LogP) is 2.48. The summed E-state index contributed by atoms with van der Waals surface area (Å²) in [5, 5.41) is 4.38. The van der Waals surface area contributed by atoms with E-state index in [1.807, 2.05) is 29.9 Å². The Kier molecular flexibility index (Phi) is 4.34. The van der Waals surface area contributed by atoms with Crippen LogP contribution in [0.15, 0.2) is 29.0 Å². The van der Waals surface area contributed by atoms with Gasteiger partial charge in [0.25, 0.3) is 0 Å². The third kappa shape index (κ3) is 2.86. The van der Waals surface area contributed by atoms with Crippen molar-refractivity contribution in [2.24, 2.45) is 5.84 Å². The van der Waals surface area contributed by atoms with Crippen LogP contribution in [0.2, 0.25) is 0 Å². The molecular weight excluding hydrogens is 306 g/mol. The van der Waals surface area contributed by atoms with Gasteiger partial charge in [-0.3, -0.25) is 15.5 Å². The van der Waals surface area contributed by atoms with Crippen LogP contribution in [0.1, 0.15) is 42.9 Å². The van der Waals surface area contributed by atoms with Crippen LogP contribution in [0.5, 0.6) is 0 Å². The molecule has 6 heteroatoms. The normalized spacial score (nSPS) is 12.9. The summed E-state index contributed by atoms with van der Waals surface area (Å²) in [6, 6.07) is 4.11. The lowest BCUT2D eigenvalue weighted by Crippen LogP contribution is -2.31. The highest BCUT2D eigenvalue weighted by molar-refractivity contribution is 9.10. The van der Waals surface area contributed by atoms with Crippen molar-refractivity contribution >= 4 is 15.9 Å². The summed E-state index contributed by atoms with van der Waals surface area (Å²) in [5.41, 5.74) is 5.84. The van der Waals surface area contributed by atoms with Crippen LogP contribution in [0.4, 0.5) is 0 Å². The van der Waals surface area contributed by atoms with Gasteiger partial charge in [0.2, 0.25) is 0 Å². The number of rotatable bonds is 4. The predicted molar refractivity (Wildman–Crippen MR) is 78.5 cm³/mol. The molecule has 1 atom stereocenters. The van der Waals surface area contributed by atoms with Crippen molar-refractivity contribution in [2.75, 3.05) is 0 Å². The van der Waals surface area contributed by atoms with E-state index in [1.165, 1.54) is 0 Å². The molecule has 5 nitrogen and oxygen atoms in total. The molecule has 0 aromatic carbocycles. The Morgan fingerprint density at radius 2 is 2.05 bits per heavy atom. The van der Waals surface area contributed by atoms with Gasteiger partial charge in [-0.2, -0.15) is 5.10 Å². The van der Waals surface area contributed by atoms with Crippen molar-refractivity contribution in [1.82, 2.24) is 20.2 Å². The number of hydrogen-bond donors (Lipinski definition) is 2. The topological polar surface area (TPSA) is 68.8 Å². The fraction of sp³-hybridized carbons (Fsp3) is 0.385. The first-order chi connectivity index (χ1) is 9.04. The van der Waals surface area contributed by atoms with Gasteiger partial charge in [0.05, 0.1) is 22.4 Å². The van der Waals surface area contributed by atoms with Crippen molar-refractivity contribution in [2.45, 2.75) is 32.9 Å². The van der Waals surface area contributed by atoms with Crippen LogP contribution in [0.3, 0.4) is 0 Å². The summed E-state index contributed by atoms with van der Waals surface area (Å²) in [5.74, 6) is 5.73. The van der Waals surface area contributed by atoms with Crippen molar-refractivity contribution in [3.8, 4) is 0 Å². The van der Waals surface area contributed by atoms with Gasteiger partial charge < -0.3 is 0 Å². The smallest absolute Gasteiger partial charge is 0.0904 e. The van der Waals surface area contributed by atoms with E-state index in [2.05, 4.69) is 45.3 Å². The second-order valence-electron chi connectivity index (χ2n) is 4.75. The fourth-order valence-electron chi connectivity index (χ4n) is 2.02. The molecule has 0 saturated heterocycles. The van der Waals surface area contributed by atoms with Gasteiger partial charge in [0.15, 0.2) is 0 Å². The van der Waals surface area contributed by atoms with E-state index in [1.54, 1.807) is 6.20 Å². The Hall–Kier alpha value is -1.24. The number of pyridine rings is 1. The van der Waals surface area contributed by atoms with Gasteiger partial charge in [-0.05, 0) is 48.3 Å². The molecule has 0 saturated carbocycles. The van der Waals surface area contributed by atoms with Gasteiger partial charge in [-0.25, -0.2) is 5.43 Å². The molecule has 2 rings (SSSR count). The van der Waals surface area contributed by atoms with Crippen molar-refractivity contribution in [3.05, 3.63) is 46.0 Å².